The van der Waals surface area contributed by atoms with Gasteiger partial charge in [0.15, 0.2) is 17.5 Å². The molecular formula is C48H27N5O2. The van der Waals surface area contributed by atoms with Gasteiger partial charge < -0.3 is 13.4 Å². The fourth-order valence-electron chi connectivity index (χ4n) is 8.18. The van der Waals surface area contributed by atoms with E-state index >= 15 is 0 Å². The van der Waals surface area contributed by atoms with Gasteiger partial charge in [-0.3, -0.25) is 0 Å². The lowest BCUT2D eigenvalue weighted by molar-refractivity contribution is 0.654. The summed E-state index contributed by atoms with van der Waals surface area (Å²) in [6, 6.07) is 56.1. The number of nitrogens with zero attached hydrogens (tertiary/aromatic N) is 5. The predicted octanol–water partition coefficient (Wildman–Crippen LogP) is 12.3. The number of furan rings is 2. The zero-order chi connectivity index (χ0) is 36.0. The molecule has 5 aromatic heterocycles. The Hall–Kier alpha value is -7.64. The Bertz CT molecular complexity index is 3470. The molecule has 0 saturated heterocycles. The van der Waals surface area contributed by atoms with Gasteiger partial charge in [0.1, 0.15) is 22.4 Å². The van der Waals surface area contributed by atoms with Crippen LogP contribution in [0.25, 0.3) is 117 Å². The summed E-state index contributed by atoms with van der Waals surface area (Å²) in [5.74, 6) is 1.44. The number of benzene rings is 7. The SMILES string of the molecule is c1ccc2c(-n3c4ccccc4c4ccccc43)cc(-c3nc(-c4ccc5c(n4)oc4ccccc45)nc(-c4cccc5c4oc4ccccc45)n3)cc2c1. The van der Waals surface area contributed by atoms with Crippen molar-refractivity contribution in [1.29, 1.82) is 0 Å². The summed E-state index contributed by atoms with van der Waals surface area (Å²) in [5.41, 5.74) is 8.33. The van der Waals surface area contributed by atoms with Crippen molar-refractivity contribution in [3.63, 3.8) is 0 Å². The molecule has 0 radical (unpaired) electrons. The van der Waals surface area contributed by atoms with Crippen LogP contribution in [0.1, 0.15) is 0 Å². The van der Waals surface area contributed by atoms with Crippen molar-refractivity contribution in [2.75, 3.05) is 0 Å². The first kappa shape index (κ1) is 29.9. The minimum Gasteiger partial charge on any atom is -0.455 e. The Morgan fingerprint density at radius 3 is 1.78 bits per heavy atom. The maximum atomic E-state index is 6.49. The number of para-hydroxylation sites is 5. The number of fused-ring (bicyclic) bond motifs is 10. The number of aromatic nitrogens is 5. The Labute approximate surface area is 312 Å². The molecular weight excluding hydrogens is 679 g/mol. The van der Waals surface area contributed by atoms with Crippen molar-refractivity contribution < 1.29 is 8.83 Å². The van der Waals surface area contributed by atoms with Crippen molar-refractivity contribution in [3.8, 4) is 40.0 Å². The maximum absolute atomic E-state index is 6.49. The fourth-order valence-corrected chi connectivity index (χ4v) is 8.18. The van der Waals surface area contributed by atoms with E-state index in [4.69, 9.17) is 28.8 Å². The van der Waals surface area contributed by atoms with Crippen LogP contribution in [0.3, 0.4) is 0 Å². The van der Waals surface area contributed by atoms with Crippen molar-refractivity contribution in [3.05, 3.63) is 164 Å². The molecule has 0 aliphatic rings. The highest BCUT2D eigenvalue weighted by Crippen LogP contribution is 2.39. The topological polar surface area (TPSA) is 82.8 Å². The van der Waals surface area contributed by atoms with Gasteiger partial charge in [0.2, 0.25) is 5.71 Å². The third-order valence-electron chi connectivity index (χ3n) is 10.7. The quantitative estimate of drug-likeness (QED) is 0.181. The molecule has 0 bridgehead atoms. The van der Waals surface area contributed by atoms with Crippen LogP contribution in [0.15, 0.2) is 173 Å². The highest BCUT2D eigenvalue weighted by Gasteiger charge is 2.21. The molecule has 256 valence electrons. The van der Waals surface area contributed by atoms with Crippen LogP contribution in [-0.2, 0) is 0 Å². The average Bonchev–Trinajstić information content (AvgIpc) is 3.92. The number of hydrogen-bond acceptors (Lipinski definition) is 6. The maximum Gasteiger partial charge on any atom is 0.227 e. The molecule has 0 saturated carbocycles. The van der Waals surface area contributed by atoms with E-state index in [-0.39, 0.29) is 0 Å². The van der Waals surface area contributed by atoms with Crippen LogP contribution in [0.2, 0.25) is 0 Å². The van der Waals surface area contributed by atoms with Gasteiger partial charge in [-0.1, -0.05) is 109 Å². The van der Waals surface area contributed by atoms with E-state index in [2.05, 4.69) is 102 Å². The second-order valence-electron chi connectivity index (χ2n) is 13.8. The molecule has 7 nitrogen and oxygen atoms in total. The monoisotopic (exact) mass is 705 g/mol. The van der Waals surface area contributed by atoms with Crippen LogP contribution >= 0.6 is 0 Å². The summed E-state index contributed by atoms with van der Waals surface area (Å²) in [4.78, 5) is 20.5. The molecule has 7 aromatic carbocycles. The molecule has 0 amide bonds. The van der Waals surface area contributed by atoms with Gasteiger partial charge in [-0.25, -0.2) is 19.9 Å². The number of pyridine rings is 1. The van der Waals surface area contributed by atoms with Gasteiger partial charge in [-0.2, -0.15) is 0 Å². The largest absolute Gasteiger partial charge is 0.455 e. The van der Waals surface area contributed by atoms with E-state index in [1.807, 2.05) is 66.7 Å². The number of rotatable bonds is 4. The van der Waals surface area contributed by atoms with Crippen LogP contribution in [0, 0.1) is 0 Å². The van der Waals surface area contributed by atoms with Crippen LogP contribution < -0.4 is 0 Å². The third kappa shape index (κ3) is 4.50. The van der Waals surface area contributed by atoms with Gasteiger partial charge in [-0.05, 0) is 60.0 Å². The lowest BCUT2D eigenvalue weighted by Crippen LogP contribution is -2.02. The third-order valence-corrected chi connectivity index (χ3v) is 10.7. The highest BCUT2D eigenvalue weighted by atomic mass is 16.3. The molecule has 0 unspecified atom stereocenters. The summed E-state index contributed by atoms with van der Waals surface area (Å²) in [6.07, 6.45) is 0. The second kappa shape index (κ2) is 11.4. The van der Waals surface area contributed by atoms with Crippen molar-refractivity contribution in [2.45, 2.75) is 0 Å². The highest BCUT2D eigenvalue weighted by molar-refractivity contribution is 6.11. The molecule has 0 aliphatic carbocycles. The van der Waals surface area contributed by atoms with Crippen molar-refractivity contribution in [2.24, 2.45) is 0 Å². The molecule has 5 heterocycles. The van der Waals surface area contributed by atoms with Crippen LogP contribution in [0.4, 0.5) is 0 Å². The fraction of sp³-hybridized carbons (Fsp3) is 0. The van der Waals surface area contributed by atoms with Gasteiger partial charge >= 0.3 is 0 Å². The summed E-state index contributed by atoms with van der Waals surface area (Å²) in [5, 5.41) is 8.57. The standard InChI is InChI=1S/C48H27N5O2/c1-2-13-30-28(12-1)26-29(27-41(30)53-39-20-7-3-14-31(39)32-15-4-8-21-40(32)53)45-50-46(37-19-11-18-35-33-16-5-9-22-42(33)54-44(35)37)52-47(51-45)38-25-24-36-34-17-6-10-23-43(34)55-48(36)49-38/h1-27H. The van der Waals surface area contributed by atoms with E-state index in [0.717, 1.165) is 76.9 Å². The molecule has 0 N–H and O–H groups in total. The zero-order valence-electron chi connectivity index (χ0n) is 29.1. The second-order valence-corrected chi connectivity index (χ2v) is 13.8. The Kier molecular flexibility index (Phi) is 6.21. The summed E-state index contributed by atoms with van der Waals surface area (Å²) in [6.45, 7) is 0. The van der Waals surface area contributed by atoms with Crippen LogP contribution in [0.5, 0.6) is 0 Å². The zero-order valence-corrected chi connectivity index (χ0v) is 29.1. The van der Waals surface area contributed by atoms with Crippen molar-refractivity contribution in [1.82, 2.24) is 24.5 Å². The summed E-state index contributed by atoms with van der Waals surface area (Å²) in [7, 11) is 0. The molecule has 12 aromatic rings. The molecule has 12 rings (SSSR count). The van der Waals surface area contributed by atoms with Crippen LogP contribution in [-0.4, -0.2) is 24.5 Å². The molecule has 7 heteroatoms. The lowest BCUT2D eigenvalue weighted by Gasteiger charge is -2.15. The predicted molar refractivity (Wildman–Crippen MR) is 220 cm³/mol. The molecule has 0 atom stereocenters. The van der Waals surface area contributed by atoms with Gasteiger partial charge in [0, 0.05) is 43.3 Å². The van der Waals surface area contributed by atoms with Crippen molar-refractivity contribution >= 4 is 76.6 Å². The van der Waals surface area contributed by atoms with E-state index in [1.54, 1.807) is 0 Å². The smallest absolute Gasteiger partial charge is 0.227 e. The minimum atomic E-state index is 0.432. The summed E-state index contributed by atoms with van der Waals surface area (Å²) >= 11 is 0. The van der Waals surface area contributed by atoms with E-state index in [9.17, 15) is 0 Å². The Morgan fingerprint density at radius 1 is 0.400 bits per heavy atom. The van der Waals surface area contributed by atoms with E-state index in [1.165, 1.54) is 10.8 Å². The van der Waals surface area contributed by atoms with E-state index in [0.29, 0.717) is 28.9 Å². The lowest BCUT2D eigenvalue weighted by atomic mass is 10.0. The summed E-state index contributed by atoms with van der Waals surface area (Å²) < 4.78 is 15.1. The minimum absolute atomic E-state index is 0.432. The molecule has 0 fully saturated rings. The number of hydrogen-bond donors (Lipinski definition) is 0. The molecule has 0 aliphatic heterocycles. The van der Waals surface area contributed by atoms with Gasteiger partial charge in [0.25, 0.3) is 0 Å². The normalized spacial score (nSPS) is 12.0. The van der Waals surface area contributed by atoms with Gasteiger partial charge in [0.05, 0.1) is 22.3 Å². The first-order chi connectivity index (χ1) is 27.2. The molecule has 0 spiro atoms. The Morgan fingerprint density at radius 2 is 1.00 bits per heavy atom. The average molecular weight is 706 g/mol. The first-order valence-electron chi connectivity index (χ1n) is 18.2. The Balaban J connectivity index is 1.14. The van der Waals surface area contributed by atoms with E-state index < -0.39 is 0 Å². The molecule has 55 heavy (non-hydrogen) atoms. The van der Waals surface area contributed by atoms with Gasteiger partial charge in [-0.15, -0.1) is 0 Å². The first-order valence-corrected chi connectivity index (χ1v) is 18.2.